The van der Waals surface area contributed by atoms with Gasteiger partial charge in [0.25, 0.3) is 0 Å². The van der Waals surface area contributed by atoms with E-state index in [0.717, 1.165) is 4.90 Å². The van der Waals surface area contributed by atoms with Crippen molar-refractivity contribution >= 4 is 6.03 Å². The van der Waals surface area contributed by atoms with Crippen molar-refractivity contribution in [2.75, 3.05) is 6.61 Å². The van der Waals surface area contributed by atoms with E-state index in [1.165, 1.54) is 6.20 Å². The predicted molar refractivity (Wildman–Crippen MR) is 55.6 cm³/mol. The van der Waals surface area contributed by atoms with Crippen LogP contribution < -0.4 is 5.32 Å². The third kappa shape index (κ3) is 2.13. The van der Waals surface area contributed by atoms with Crippen molar-refractivity contribution in [1.82, 2.24) is 10.2 Å². The van der Waals surface area contributed by atoms with Gasteiger partial charge in [-0.15, -0.1) is 0 Å². The SMILES string of the molecule is CC1C=CN(C2OC(CO)C(O)C2F)C(=O)N1. The summed E-state index contributed by atoms with van der Waals surface area (Å²) in [6.45, 7) is 1.28. The van der Waals surface area contributed by atoms with Crippen LogP contribution in [0.2, 0.25) is 0 Å². The lowest BCUT2D eigenvalue weighted by molar-refractivity contribution is -0.0588. The Hall–Kier alpha value is -1.18. The highest BCUT2D eigenvalue weighted by molar-refractivity contribution is 5.77. The van der Waals surface area contributed by atoms with Crippen LogP contribution in [0.25, 0.3) is 0 Å². The summed E-state index contributed by atoms with van der Waals surface area (Å²) in [5.74, 6) is 0. The second-order valence-corrected chi connectivity index (χ2v) is 4.17. The molecule has 2 heterocycles. The van der Waals surface area contributed by atoms with Crippen molar-refractivity contribution in [1.29, 1.82) is 0 Å². The second-order valence-electron chi connectivity index (χ2n) is 4.17. The lowest BCUT2D eigenvalue weighted by Gasteiger charge is -2.30. The highest BCUT2D eigenvalue weighted by atomic mass is 19.1. The summed E-state index contributed by atoms with van der Waals surface area (Å²) in [6.07, 6.45) is -2.27. The van der Waals surface area contributed by atoms with E-state index in [2.05, 4.69) is 5.32 Å². The lowest BCUT2D eigenvalue weighted by Crippen LogP contribution is -2.51. The molecule has 5 atom stereocenters. The van der Waals surface area contributed by atoms with E-state index in [9.17, 15) is 14.3 Å². The molecule has 0 aromatic heterocycles. The molecule has 2 amide bonds. The first-order chi connectivity index (χ1) is 8.04. The molecule has 3 N–H and O–H groups in total. The predicted octanol–water partition coefficient (Wildman–Crippen LogP) is -0.670. The van der Waals surface area contributed by atoms with Gasteiger partial charge in [0, 0.05) is 12.2 Å². The number of aliphatic hydroxyl groups is 2. The van der Waals surface area contributed by atoms with Crippen LogP contribution in [0.5, 0.6) is 0 Å². The number of halogens is 1. The number of aliphatic hydroxyl groups excluding tert-OH is 2. The first-order valence-corrected chi connectivity index (χ1v) is 5.40. The smallest absolute Gasteiger partial charge is 0.324 e. The van der Waals surface area contributed by atoms with Crippen molar-refractivity contribution in [2.24, 2.45) is 0 Å². The van der Waals surface area contributed by atoms with Gasteiger partial charge in [-0.25, -0.2) is 9.18 Å². The number of carbonyl (C=O) groups excluding carboxylic acids is 1. The normalized spacial score (nSPS) is 41.8. The van der Waals surface area contributed by atoms with Crippen LogP contribution in [0, 0.1) is 0 Å². The average molecular weight is 246 g/mol. The van der Waals surface area contributed by atoms with Crippen molar-refractivity contribution in [3.63, 3.8) is 0 Å². The zero-order valence-electron chi connectivity index (χ0n) is 9.28. The summed E-state index contributed by atoms with van der Waals surface area (Å²) in [7, 11) is 0. The van der Waals surface area contributed by atoms with Crippen LogP contribution in [0.1, 0.15) is 6.92 Å². The third-order valence-corrected chi connectivity index (χ3v) is 2.87. The molecule has 2 rings (SSSR count). The Balaban J connectivity index is 2.13. The number of amides is 2. The monoisotopic (exact) mass is 246 g/mol. The average Bonchev–Trinajstić information content (AvgIpc) is 2.57. The molecule has 1 fully saturated rings. The molecule has 0 aliphatic carbocycles. The van der Waals surface area contributed by atoms with Crippen LogP contribution in [0.3, 0.4) is 0 Å². The molecule has 96 valence electrons. The van der Waals surface area contributed by atoms with Gasteiger partial charge in [0.15, 0.2) is 12.4 Å². The fourth-order valence-corrected chi connectivity index (χ4v) is 1.89. The number of hydrogen-bond donors (Lipinski definition) is 3. The van der Waals surface area contributed by atoms with Crippen molar-refractivity contribution in [2.45, 2.75) is 37.6 Å². The largest absolute Gasteiger partial charge is 0.394 e. The van der Waals surface area contributed by atoms with Crippen molar-refractivity contribution in [3.05, 3.63) is 12.3 Å². The minimum atomic E-state index is -1.74. The topological polar surface area (TPSA) is 82.0 Å². The van der Waals surface area contributed by atoms with Gasteiger partial charge in [-0.3, -0.25) is 4.90 Å². The van der Waals surface area contributed by atoms with Gasteiger partial charge in [0.1, 0.15) is 12.2 Å². The van der Waals surface area contributed by atoms with E-state index in [1.807, 2.05) is 0 Å². The van der Waals surface area contributed by atoms with Gasteiger partial charge < -0.3 is 20.3 Å². The van der Waals surface area contributed by atoms with E-state index in [-0.39, 0.29) is 6.04 Å². The maximum atomic E-state index is 13.7. The molecule has 6 nitrogen and oxygen atoms in total. The Morgan fingerprint density at radius 1 is 1.65 bits per heavy atom. The lowest BCUT2D eigenvalue weighted by atomic mass is 10.1. The molecular weight excluding hydrogens is 231 g/mol. The van der Waals surface area contributed by atoms with Crippen LogP contribution >= 0.6 is 0 Å². The van der Waals surface area contributed by atoms with Crippen LogP contribution in [-0.4, -0.2) is 58.4 Å². The third-order valence-electron chi connectivity index (χ3n) is 2.87. The number of nitrogens with zero attached hydrogens (tertiary/aromatic N) is 1. The molecular formula is C10H15FN2O4. The molecule has 7 heteroatoms. The van der Waals surface area contributed by atoms with Gasteiger partial charge in [-0.2, -0.15) is 0 Å². The summed E-state index contributed by atoms with van der Waals surface area (Å²) in [5, 5.41) is 20.9. The molecule has 1 saturated heterocycles. The number of carbonyl (C=O) groups is 1. The first kappa shape index (κ1) is 12.3. The Labute approximate surface area is 97.7 Å². The standard InChI is InChI=1S/C10H15FN2O4/c1-5-2-3-13(10(16)12-5)9-7(11)8(15)6(4-14)17-9/h2-3,5-9,14-15H,4H2,1H3,(H,12,16). The van der Waals surface area contributed by atoms with Crippen LogP contribution in [-0.2, 0) is 4.74 Å². The van der Waals surface area contributed by atoms with Crippen LogP contribution in [0.15, 0.2) is 12.3 Å². The number of urea groups is 1. The maximum absolute atomic E-state index is 13.7. The Morgan fingerprint density at radius 3 is 2.88 bits per heavy atom. The summed E-state index contributed by atoms with van der Waals surface area (Å²) in [6, 6.07) is -0.616. The summed E-state index contributed by atoms with van der Waals surface area (Å²) in [5.41, 5.74) is 0. The number of hydrogen-bond acceptors (Lipinski definition) is 4. The zero-order valence-corrected chi connectivity index (χ0v) is 9.28. The van der Waals surface area contributed by atoms with Gasteiger partial charge >= 0.3 is 6.03 Å². The molecule has 0 radical (unpaired) electrons. The molecule has 2 aliphatic rings. The molecule has 17 heavy (non-hydrogen) atoms. The molecule has 0 bridgehead atoms. The van der Waals surface area contributed by atoms with Crippen LogP contribution in [0.4, 0.5) is 9.18 Å². The second kappa shape index (κ2) is 4.59. The minimum absolute atomic E-state index is 0.128. The molecule has 0 spiro atoms. The number of nitrogens with one attached hydrogen (secondary N) is 1. The van der Waals surface area contributed by atoms with Gasteiger partial charge in [-0.1, -0.05) is 0 Å². The van der Waals surface area contributed by atoms with Crippen molar-refractivity contribution in [3.8, 4) is 0 Å². The Bertz CT molecular complexity index is 338. The molecule has 0 aromatic carbocycles. The fourth-order valence-electron chi connectivity index (χ4n) is 1.89. The maximum Gasteiger partial charge on any atom is 0.324 e. The van der Waals surface area contributed by atoms with E-state index in [4.69, 9.17) is 9.84 Å². The van der Waals surface area contributed by atoms with Crippen molar-refractivity contribution < 1.29 is 24.1 Å². The van der Waals surface area contributed by atoms with E-state index in [0.29, 0.717) is 0 Å². The Kier molecular flexibility index (Phi) is 3.32. The molecule has 5 unspecified atom stereocenters. The number of rotatable bonds is 2. The van der Waals surface area contributed by atoms with Gasteiger partial charge in [0.05, 0.1) is 6.61 Å². The Morgan fingerprint density at radius 2 is 2.35 bits per heavy atom. The first-order valence-electron chi connectivity index (χ1n) is 5.40. The minimum Gasteiger partial charge on any atom is -0.394 e. The van der Waals surface area contributed by atoms with E-state index < -0.39 is 37.2 Å². The fraction of sp³-hybridized carbons (Fsp3) is 0.700. The summed E-state index contributed by atoms with van der Waals surface area (Å²) in [4.78, 5) is 12.7. The quantitative estimate of drug-likeness (QED) is 0.603. The van der Waals surface area contributed by atoms with Gasteiger partial charge in [-0.05, 0) is 13.0 Å². The summed E-state index contributed by atoms with van der Waals surface area (Å²) >= 11 is 0. The molecule has 2 aliphatic heterocycles. The highest BCUT2D eigenvalue weighted by Crippen LogP contribution is 2.27. The van der Waals surface area contributed by atoms with E-state index in [1.54, 1.807) is 13.0 Å². The zero-order chi connectivity index (χ0) is 12.6. The highest BCUT2D eigenvalue weighted by Gasteiger charge is 2.48. The molecule has 0 aromatic rings. The number of ether oxygens (including phenoxy) is 1. The van der Waals surface area contributed by atoms with Gasteiger partial charge in [0.2, 0.25) is 0 Å². The van der Waals surface area contributed by atoms with E-state index >= 15 is 0 Å². The molecule has 0 saturated carbocycles. The summed E-state index contributed by atoms with van der Waals surface area (Å²) < 4.78 is 18.9. The number of alkyl halides is 1.